The Labute approximate surface area is 217 Å². The van der Waals surface area contributed by atoms with Gasteiger partial charge in [-0.3, -0.25) is 14.4 Å². The number of hydrazone groups is 1. The molecule has 2 fully saturated rings. The number of allylic oxidation sites excluding steroid dienone is 2. The molecule has 36 heavy (non-hydrogen) atoms. The minimum Gasteiger partial charge on any atom is -0.490 e. The van der Waals surface area contributed by atoms with E-state index in [-0.39, 0.29) is 48.0 Å². The highest BCUT2D eigenvalue weighted by Crippen LogP contribution is 2.52. The fourth-order valence-corrected chi connectivity index (χ4v) is 5.80. The predicted octanol–water partition coefficient (Wildman–Crippen LogP) is 4.31. The molecule has 1 N–H and O–H groups in total. The van der Waals surface area contributed by atoms with Gasteiger partial charge in [0, 0.05) is 5.69 Å². The van der Waals surface area contributed by atoms with Crippen molar-refractivity contribution < 1.29 is 23.9 Å². The fraction of sp³-hybridized carbons (Fsp3) is 0.333. The summed E-state index contributed by atoms with van der Waals surface area (Å²) >= 11 is 3.48. The second-order valence-electron chi connectivity index (χ2n) is 9.15. The minimum atomic E-state index is -0.302. The van der Waals surface area contributed by atoms with E-state index in [2.05, 4.69) is 38.5 Å². The lowest BCUT2D eigenvalue weighted by molar-refractivity contribution is -0.140. The summed E-state index contributed by atoms with van der Waals surface area (Å²) in [7, 11) is 0. The Bertz CT molecular complexity index is 1260. The van der Waals surface area contributed by atoms with Gasteiger partial charge in [-0.25, -0.2) is 0 Å². The lowest BCUT2D eigenvalue weighted by atomic mass is 9.85. The van der Waals surface area contributed by atoms with Gasteiger partial charge in [0.1, 0.15) is 0 Å². The third kappa shape index (κ3) is 4.43. The van der Waals surface area contributed by atoms with Crippen LogP contribution in [0.15, 0.2) is 58.1 Å². The maximum absolute atomic E-state index is 12.9. The molecule has 2 bridgehead atoms. The summed E-state index contributed by atoms with van der Waals surface area (Å²) in [6.07, 6.45) is 6.44. The van der Waals surface area contributed by atoms with Gasteiger partial charge in [-0.05, 0) is 77.4 Å². The number of nitrogens with one attached hydrogen (secondary N) is 1. The first-order chi connectivity index (χ1) is 17.4. The Balaban J connectivity index is 1.29. The number of benzene rings is 2. The molecule has 0 unspecified atom stereocenters. The summed E-state index contributed by atoms with van der Waals surface area (Å²) in [5.74, 6) is -0.304. The number of nitrogens with zero attached hydrogens (tertiary/aromatic N) is 2. The Hall–Kier alpha value is -3.46. The number of fused-ring (bicyclic) bond motifs is 5. The van der Waals surface area contributed by atoms with Crippen molar-refractivity contribution in [3.05, 3.63) is 64.1 Å². The Morgan fingerprint density at radius 1 is 1.14 bits per heavy atom. The molecule has 8 nitrogen and oxygen atoms in total. The van der Waals surface area contributed by atoms with Gasteiger partial charge in [0.15, 0.2) is 18.1 Å². The zero-order valence-corrected chi connectivity index (χ0v) is 21.5. The number of halogens is 1. The molecule has 1 saturated carbocycles. The molecule has 0 radical (unpaired) electrons. The normalized spacial score (nSPS) is 24.0. The van der Waals surface area contributed by atoms with Crippen molar-refractivity contribution >= 4 is 45.6 Å². The summed E-state index contributed by atoms with van der Waals surface area (Å²) in [6, 6.07) is 10.9. The summed E-state index contributed by atoms with van der Waals surface area (Å²) in [5.41, 5.74) is 2.29. The molecular weight excluding hydrogens is 526 g/mol. The maximum atomic E-state index is 12.9. The number of rotatable bonds is 8. The van der Waals surface area contributed by atoms with Crippen LogP contribution in [0, 0.1) is 30.6 Å². The lowest BCUT2D eigenvalue weighted by Gasteiger charge is -2.15. The van der Waals surface area contributed by atoms with Crippen LogP contribution in [-0.4, -0.2) is 42.2 Å². The molecule has 2 aliphatic carbocycles. The highest BCUT2D eigenvalue weighted by molar-refractivity contribution is 9.10. The molecular formula is C27H26BrN3O5. The molecule has 2 aromatic rings. The molecule has 1 heterocycles. The Morgan fingerprint density at radius 3 is 2.50 bits per heavy atom. The number of aryl methyl sites for hydroxylation is 1. The van der Waals surface area contributed by atoms with E-state index < -0.39 is 0 Å². The van der Waals surface area contributed by atoms with Gasteiger partial charge in [0.05, 0.1) is 29.1 Å². The average Bonchev–Trinajstić information content (AvgIpc) is 3.53. The molecule has 186 valence electrons. The molecule has 3 aliphatic rings. The summed E-state index contributed by atoms with van der Waals surface area (Å²) in [6.45, 7) is 3.92. The molecule has 2 aromatic carbocycles. The third-order valence-electron chi connectivity index (χ3n) is 6.87. The van der Waals surface area contributed by atoms with Gasteiger partial charge in [-0.15, -0.1) is 0 Å². The number of carbonyl (C=O) groups excluding carboxylic acids is 3. The van der Waals surface area contributed by atoms with E-state index in [1.165, 1.54) is 6.21 Å². The zero-order chi connectivity index (χ0) is 25.4. The van der Waals surface area contributed by atoms with Crippen molar-refractivity contribution in [2.45, 2.75) is 20.3 Å². The van der Waals surface area contributed by atoms with E-state index in [1.807, 2.05) is 38.1 Å². The second kappa shape index (κ2) is 9.89. The summed E-state index contributed by atoms with van der Waals surface area (Å²) in [4.78, 5) is 38.2. The highest BCUT2D eigenvalue weighted by atomic mass is 79.9. The predicted molar refractivity (Wildman–Crippen MR) is 138 cm³/mol. The van der Waals surface area contributed by atoms with Gasteiger partial charge >= 0.3 is 0 Å². The zero-order valence-electron chi connectivity index (χ0n) is 19.9. The van der Waals surface area contributed by atoms with Gasteiger partial charge in [-0.1, -0.05) is 30.4 Å². The highest BCUT2D eigenvalue weighted by Gasteiger charge is 2.59. The molecule has 9 heteroatoms. The van der Waals surface area contributed by atoms with Crippen LogP contribution in [0.3, 0.4) is 0 Å². The van der Waals surface area contributed by atoms with Crippen molar-refractivity contribution in [1.29, 1.82) is 0 Å². The quantitative estimate of drug-likeness (QED) is 0.299. The molecule has 1 saturated heterocycles. The molecule has 1 aliphatic heterocycles. The van der Waals surface area contributed by atoms with Crippen LogP contribution < -0.4 is 14.8 Å². The van der Waals surface area contributed by atoms with E-state index in [0.717, 1.165) is 22.7 Å². The average molecular weight is 552 g/mol. The number of hydrogen-bond donors (Lipinski definition) is 1. The van der Waals surface area contributed by atoms with Crippen molar-refractivity contribution in [2.75, 3.05) is 18.5 Å². The van der Waals surface area contributed by atoms with Crippen molar-refractivity contribution in [3.8, 4) is 11.5 Å². The number of anilines is 1. The van der Waals surface area contributed by atoms with E-state index >= 15 is 0 Å². The third-order valence-corrected chi connectivity index (χ3v) is 7.46. The van der Waals surface area contributed by atoms with Crippen molar-refractivity contribution in [3.63, 3.8) is 0 Å². The second-order valence-corrected chi connectivity index (χ2v) is 10.0. The molecule has 5 rings (SSSR count). The van der Waals surface area contributed by atoms with E-state index in [0.29, 0.717) is 28.1 Å². The molecule has 0 spiro atoms. The Kier molecular flexibility index (Phi) is 6.66. The van der Waals surface area contributed by atoms with Gasteiger partial charge in [0.2, 0.25) is 0 Å². The van der Waals surface area contributed by atoms with Crippen LogP contribution in [0.4, 0.5) is 5.69 Å². The molecule has 3 amide bonds. The monoisotopic (exact) mass is 551 g/mol. The van der Waals surface area contributed by atoms with Crippen molar-refractivity contribution in [2.24, 2.45) is 28.8 Å². The van der Waals surface area contributed by atoms with Crippen LogP contribution in [0.25, 0.3) is 0 Å². The number of carbonyl (C=O) groups is 3. The number of para-hydroxylation sites is 1. The fourth-order valence-electron chi connectivity index (χ4n) is 5.23. The first-order valence-corrected chi connectivity index (χ1v) is 12.7. The number of imide groups is 1. The lowest BCUT2D eigenvalue weighted by Crippen LogP contribution is -2.28. The minimum absolute atomic E-state index is 0.134. The topological polar surface area (TPSA) is 97.3 Å². The summed E-state index contributed by atoms with van der Waals surface area (Å²) in [5, 5.41) is 8.08. The van der Waals surface area contributed by atoms with Crippen LogP contribution in [0.5, 0.6) is 11.5 Å². The largest absolute Gasteiger partial charge is 0.490 e. The van der Waals surface area contributed by atoms with Crippen molar-refractivity contribution in [1.82, 2.24) is 5.01 Å². The smallest absolute Gasteiger partial charge is 0.262 e. The number of hydrogen-bond acceptors (Lipinski definition) is 6. The van der Waals surface area contributed by atoms with Gasteiger partial charge in [0.25, 0.3) is 17.7 Å². The number of amides is 3. The Morgan fingerprint density at radius 2 is 1.83 bits per heavy atom. The van der Waals surface area contributed by atoms with Gasteiger partial charge in [-0.2, -0.15) is 10.1 Å². The van der Waals surface area contributed by atoms with E-state index in [4.69, 9.17) is 9.47 Å². The van der Waals surface area contributed by atoms with Crippen LogP contribution in [0.2, 0.25) is 0 Å². The molecule has 0 aromatic heterocycles. The van der Waals surface area contributed by atoms with Crippen LogP contribution >= 0.6 is 15.9 Å². The summed E-state index contributed by atoms with van der Waals surface area (Å²) < 4.78 is 12.1. The molecule has 4 atom stereocenters. The van der Waals surface area contributed by atoms with E-state index in [9.17, 15) is 14.4 Å². The van der Waals surface area contributed by atoms with E-state index in [1.54, 1.807) is 12.1 Å². The SMILES string of the molecule is CCOc1cc(C=NN2C(=O)[C@@H]3[C@H](C2=O)[C@H]2C=C[C@H]3C2)cc(Br)c1OCC(=O)Nc1ccccc1C. The number of ether oxygens (including phenoxy) is 2. The maximum Gasteiger partial charge on any atom is 0.262 e. The first-order valence-electron chi connectivity index (χ1n) is 11.9. The van der Waals surface area contributed by atoms with Gasteiger partial charge < -0.3 is 14.8 Å². The first kappa shape index (κ1) is 24.2. The van der Waals surface area contributed by atoms with Crippen LogP contribution in [-0.2, 0) is 14.4 Å². The van der Waals surface area contributed by atoms with Crippen LogP contribution in [0.1, 0.15) is 24.5 Å². The standard InChI is InChI=1S/C27H26BrN3O5/c1-3-35-21-11-16(13-29-31-26(33)23-17-8-9-18(12-17)24(23)27(31)34)10-19(28)25(21)36-14-22(32)30-20-7-5-4-6-15(20)2/h4-11,13,17-18,23-24H,3,12,14H2,1-2H3,(H,30,32)/t17-,18-,23-,24+/m0/s1.